The minimum Gasteiger partial charge on any atom is -0.491 e. The van der Waals surface area contributed by atoms with E-state index in [0.29, 0.717) is 42.5 Å². The van der Waals surface area contributed by atoms with Crippen LogP contribution in [0.1, 0.15) is 26.2 Å². The van der Waals surface area contributed by atoms with Gasteiger partial charge in [-0.1, -0.05) is 43.3 Å². The number of sulfonamides is 2. The van der Waals surface area contributed by atoms with Crippen LogP contribution in [-0.2, 0) is 24.8 Å². The van der Waals surface area contributed by atoms with Crippen LogP contribution in [0.2, 0.25) is 0 Å². The molecule has 2 aromatic carbocycles. The molecule has 2 unspecified atom stereocenters. The Hall–Kier alpha value is -2.36. The van der Waals surface area contributed by atoms with E-state index < -0.39 is 26.2 Å². The average molecular weight is 636 g/mol. The van der Waals surface area contributed by atoms with E-state index in [-0.39, 0.29) is 36.2 Å². The van der Waals surface area contributed by atoms with Crippen molar-refractivity contribution in [1.29, 1.82) is 0 Å². The Morgan fingerprint density at radius 1 is 1.07 bits per heavy atom. The molecular formula is C29H37N3O7S3. The minimum atomic E-state index is -3.60. The Balaban J connectivity index is 1.07. The standard InChI is InChI=1S/C29H37N3O7S3/c1-2-31-41(34,35)26-10-6-9-25(17-26)38-21-24(33)19-30-23-18-29(39-20-23)13-15-32(16-14-29)42(36,37)28-12-11-27(40-28)22-7-4-3-5-8-22/h3-12,17,23-24,30-31,33H,2,13-16,18-21H2,1H3. The molecule has 0 amide bonds. The molecule has 0 bridgehead atoms. The van der Waals surface area contributed by atoms with Crippen molar-refractivity contribution >= 4 is 31.4 Å². The minimum absolute atomic E-state index is 0.00203. The van der Waals surface area contributed by atoms with Crippen molar-refractivity contribution in [2.24, 2.45) is 0 Å². The second-order valence-corrected chi connectivity index (χ2v) is 15.6. The molecule has 13 heteroatoms. The first kappa shape index (κ1) is 31.1. The van der Waals surface area contributed by atoms with E-state index in [2.05, 4.69) is 10.0 Å². The first-order valence-electron chi connectivity index (χ1n) is 14.0. The van der Waals surface area contributed by atoms with Crippen molar-refractivity contribution in [2.45, 2.75) is 53.0 Å². The maximum atomic E-state index is 13.3. The molecule has 2 atom stereocenters. The molecule has 3 aromatic rings. The predicted molar refractivity (Wildman–Crippen MR) is 162 cm³/mol. The highest BCUT2D eigenvalue weighted by Crippen LogP contribution is 2.39. The molecule has 42 heavy (non-hydrogen) atoms. The number of nitrogens with one attached hydrogen (secondary N) is 2. The van der Waals surface area contributed by atoms with Crippen LogP contribution in [0.25, 0.3) is 10.4 Å². The number of ether oxygens (including phenoxy) is 2. The van der Waals surface area contributed by atoms with E-state index in [1.54, 1.807) is 29.4 Å². The van der Waals surface area contributed by atoms with Gasteiger partial charge >= 0.3 is 0 Å². The highest BCUT2D eigenvalue weighted by atomic mass is 32.2. The van der Waals surface area contributed by atoms with Gasteiger partial charge in [0.25, 0.3) is 10.0 Å². The number of aliphatic hydroxyl groups is 1. The van der Waals surface area contributed by atoms with Gasteiger partial charge in [0, 0.05) is 43.2 Å². The molecule has 10 nitrogen and oxygen atoms in total. The van der Waals surface area contributed by atoms with Crippen molar-refractivity contribution in [3.05, 3.63) is 66.7 Å². The fourth-order valence-electron chi connectivity index (χ4n) is 5.36. The summed E-state index contributed by atoms with van der Waals surface area (Å²) in [6.45, 7) is 3.54. The lowest BCUT2D eigenvalue weighted by Crippen LogP contribution is -2.47. The molecule has 2 fully saturated rings. The van der Waals surface area contributed by atoms with Crippen LogP contribution in [-0.4, -0.2) is 83.4 Å². The maximum absolute atomic E-state index is 13.3. The normalized spacial score (nSPS) is 20.1. The first-order valence-corrected chi connectivity index (χ1v) is 17.8. The van der Waals surface area contributed by atoms with E-state index in [1.165, 1.54) is 23.5 Å². The van der Waals surface area contributed by atoms with Crippen LogP contribution in [0.3, 0.4) is 0 Å². The third kappa shape index (κ3) is 7.22. The molecule has 3 heterocycles. The van der Waals surface area contributed by atoms with E-state index in [4.69, 9.17) is 9.47 Å². The van der Waals surface area contributed by atoms with Crippen LogP contribution >= 0.6 is 11.3 Å². The molecular weight excluding hydrogens is 599 g/mol. The van der Waals surface area contributed by atoms with E-state index in [9.17, 15) is 21.9 Å². The first-order chi connectivity index (χ1) is 20.1. The molecule has 1 aromatic heterocycles. The summed E-state index contributed by atoms with van der Waals surface area (Å²) in [5, 5.41) is 13.8. The predicted octanol–water partition coefficient (Wildman–Crippen LogP) is 3.06. The van der Waals surface area contributed by atoms with Gasteiger partial charge in [0.15, 0.2) is 0 Å². The van der Waals surface area contributed by atoms with Gasteiger partial charge in [-0.3, -0.25) is 0 Å². The molecule has 0 aliphatic carbocycles. The van der Waals surface area contributed by atoms with Gasteiger partial charge in [0.05, 0.1) is 17.1 Å². The molecule has 1 spiro atoms. The van der Waals surface area contributed by atoms with E-state index in [1.807, 2.05) is 36.4 Å². The van der Waals surface area contributed by atoms with Gasteiger partial charge in [0.1, 0.15) is 22.7 Å². The molecule has 5 rings (SSSR count). The topological polar surface area (TPSA) is 134 Å². The Labute approximate surface area is 251 Å². The second kappa shape index (κ2) is 13.1. The largest absolute Gasteiger partial charge is 0.491 e. The van der Waals surface area contributed by atoms with Crippen molar-refractivity contribution < 1.29 is 31.4 Å². The zero-order valence-corrected chi connectivity index (χ0v) is 25.9. The molecule has 2 saturated heterocycles. The van der Waals surface area contributed by atoms with Gasteiger partial charge in [-0.25, -0.2) is 21.6 Å². The highest BCUT2D eigenvalue weighted by molar-refractivity contribution is 7.91. The number of nitrogens with zero attached hydrogens (tertiary/aromatic N) is 1. The number of piperidine rings is 1. The summed E-state index contributed by atoms with van der Waals surface area (Å²) in [5.74, 6) is 0.358. The van der Waals surface area contributed by atoms with Gasteiger partial charge in [-0.15, -0.1) is 11.3 Å². The Morgan fingerprint density at radius 2 is 1.83 bits per heavy atom. The Morgan fingerprint density at radius 3 is 2.57 bits per heavy atom. The zero-order valence-electron chi connectivity index (χ0n) is 23.4. The van der Waals surface area contributed by atoms with Crippen LogP contribution in [0.4, 0.5) is 0 Å². The fourth-order valence-corrected chi connectivity index (χ4v) is 9.34. The lowest BCUT2D eigenvalue weighted by atomic mass is 9.88. The van der Waals surface area contributed by atoms with Crippen molar-refractivity contribution in [3.8, 4) is 16.2 Å². The Bertz CT molecular complexity index is 1550. The monoisotopic (exact) mass is 635 g/mol. The Kier molecular flexibility index (Phi) is 9.69. The van der Waals surface area contributed by atoms with Crippen molar-refractivity contribution in [3.63, 3.8) is 0 Å². The third-order valence-electron chi connectivity index (χ3n) is 7.61. The molecule has 2 aliphatic rings. The van der Waals surface area contributed by atoms with Crippen LogP contribution in [0, 0.1) is 0 Å². The van der Waals surface area contributed by atoms with Crippen LogP contribution < -0.4 is 14.8 Å². The summed E-state index contributed by atoms with van der Waals surface area (Å²) in [7, 11) is -7.17. The van der Waals surface area contributed by atoms with E-state index in [0.717, 1.165) is 16.9 Å². The molecule has 0 radical (unpaired) electrons. The van der Waals surface area contributed by atoms with Gasteiger partial charge in [-0.05, 0) is 49.1 Å². The number of hydrogen-bond acceptors (Lipinski definition) is 9. The van der Waals surface area contributed by atoms with Crippen molar-refractivity contribution in [2.75, 3.05) is 39.4 Å². The van der Waals surface area contributed by atoms with Crippen LogP contribution in [0.15, 0.2) is 75.8 Å². The fraction of sp³-hybridized carbons (Fsp3) is 0.448. The number of rotatable bonds is 12. The lowest BCUT2D eigenvalue weighted by molar-refractivity contribution is -0.0311. The van der Waals surface area contributed by atoms with Gasteiger partial charge < -0.3 is 19.9 Å². The lowest BCUT2D eigenvalue weighted by Gasteiger charge is -2.37. The second-order valence-electron chi connectivity index (χ2n) is 10.6. The number of benzene rings is 2. The quantitative estimate of drug-likeness (QED) is 0.277. The third-order valence-corrected chi connectivity index (χ3v) is 12.7. The highest BCUT2D eigenvalue weighted by Gasteiger charge is 2.45. The van der Waals surface area contributed by atoms with Gasteiger partial charge in [-0.2, -0.15) is 4.31 Å². The smallest absolute Gasteiger partial charge is 0.252 e. The maximum Gasteiger partial charge on any atom is 0.252 e. The summed E-state index contributed by atoms with van der Waals surface area (Å²) in [6.07, 6.45) is 1.14. The number of thiophene rings is 1. The van der Waals surface area contributed by atoms with E-state index >= 15 is 0 Å². The molecule has 2 aliphatic heterocycles. The molecule has 3 N–H and O–H groups in total. The summed E-state index contributed by atoms with van der Waals surface area (Å²) >= 11 is 1.29. The molecule has 228 valence electrons. The zero-order chi connectivity index (χ0) is 29.8. The summed E-state index contributed by atoms with van der Waals surface area (Å²) in [5.41, 5.74) is 0.620. The van der Waals surface area contributed by atoms with Gasteiger partial charge in [0.2, 0.25) is 10.0 Å². The summed E-state index contributed by atoms with van der Waals surface area (Å²) < 4.78 is 67.3. The summed E-state index contributed by atoms with van der Waals surface area (Å²) in [6, 6.07) is 19.5. The SMILES string of the molecule is CCNS(=O)(=O)c1cccc(OCC(O)CNC2COC3(CCN(S(=O)(=O)c4ccc(-c5ccccc5)s4)CC3)C2)c1. The van der Waals surface area contributed by atoms with Crippen molar-refractivity contribution in [1.82, 2.24) is 14.3 Å². The molecule has 0 saturated carbocycles. The number of aliphatic hydroxyl groups excluding tert-OH is 1. The average Bonchev–Trinajstić information content (AvgIpc) is 3.65. The summed E-state index contributed by atoms with van der Waals surface area (Å²) in [4.78, 5) is 1.03. The number of hydrogen-bond donors (Lipinski definition) is 3. The van der Waals surface area contributed by atoms with Crippen LogP contribution in [0.5, 0.6) is 5.75 Å².